The Morgan fingerprint density at radius 3 is 2.35 bits per heavy atom. The lowest BCUT2D eigenvalue weighted by atomic mass is 9.93. The number of amides is 3. The first kappa shape index (κ1) is 32.4. The summed E-state index contributed by atoms with van der Waals surface area (Å²) < 4.78 is 31.6. The van der Waals surface area contributed by atoms with Gasteiger partial charge >= 0.3 is 0 Å². The van der Waals surface area contributed by atoms with Crippen LogP contribution in [0.1, 0.15) is 36.8 Å². The molecule has 2 aliphatic heterocycles. The Morgan fingerprint density at radius 1 is 1.00 bits per heavy atom. The fourth-order valence-corrected chi connectivity index (χ4v) is 6.54. The van der Waals surface area contributed by atoms with E-state index in [9.17, 15) is 22.8 Å². The summed E-state index contributed by atoms with van der Waals surface area (Å²) in [6.07, 6.45) is 4.46. The molecule has 2 aliphatic rings. The maximum absolute atomic E-state index is 14.2. The lowest BCUT2D eigenvalue weighted by Gasteiger charge is -2.33. The molecular weight excluding hydrogens is 570 g/mol. The molecule has 5 atom stereocenters. The summed E-state index contributed by atoms with van der Waals surface area (Å²) in [5.74, 6) is -0.632. The minimum atomic E-state index is -3.52. The normalized spacial score (nSPS) is 22.8. The Bertz CT molecular complexity index is 1350. The van der Waals surface area contributed by atoms with Crippen LogP contribution >= 0.6 is 0 Å². The van der Waals surface area contributed by atoms with Crippen LogP contribution in [-0.2, 0) is 37.2 Å². The van der Waals surface area contributed by atoms with E-state index >= 15 is 0 Å². The Labute approximate surface area is 254 Å². The predicted molar refractivity (Wildman–Crippen MR) is 164 cm³/mol. The van der Waals surface area contributed by atoms with Crippen molar-refractivity contribution in [3.8, 4) is 5.75 Å². The molecule has 2 aromatic rings. The Balaban J connectivity index is 1.48. The Hall–Kier alpha value is -3.48. The SMILES string of the molecule is CN[C@H](Cc1ccccc1)C(=O)N[C@@H]1C(=O)N2[C@@H](CC[C@@H]1CNS(C)(=O)=O)CC[C@H]2C(=O)NCCc1ccc(OC)cc1. The van der Waals surface area contributed by atoms with Gasteiger partial charge in [0.1, 0.15) is 17.8 Å². The first-order valence-electron chi connectivity index (χ1n) is 14.8. The average molecular weight is 614 g/mol. The van der Waals surface area contributed by atoms with E-state index in [2.05, 4.69) is 20.7 Å². The highest BCUT2D eigenvalue weighted by atomic mass is 32.2. The number of rotatable bonds is 13. The topological polar surface area (TPSA) is 146 Å². The molecule has 2 fully saturated rings. The summed E-state index contributed by atoms with van der Waals surface area (Å²) in [6, 6.07) is 14.8. The van der Waals surface area contributed by atoms with E-state index in [1.807, 2.05) is 54.6 Å². The largest absolute Gasteiger partial charge is 0.497 e. The van der Waals surface area contributed by atoms with Gasteiger partial charge in [0.15, 0.2) is 0 Å². The highest BCUT2D eigenvalue weighted by molar-refractivity contribution is 7.88. The van der Waals surface area contributed by atoms with Gasteiger partial charge in [-0.2, -0.15) is 0 Å². The van der Waals surface area contributed by atoms with Gasteiger partial charge in [-0.25, -0.2) is 13.1 Å². The second-order valence-electron chi connectivity index (χ2n) is 11.4. The lowest BCUT2D eigenvalue weighted by molar-refractivity contribution is -0.143. The van der Waals surface area contributed by atoms with E-state index in [-0.39, 0.29) is 30.3 Å². The number of carbonyl (C=O) groups is 3. The van der Waals surface area contributed by atoms with E-state index in [4.69, 9.17) is 4.74 Å². The molecule has 2 aromatic carbocycles. The predicted octanol–water partition coefficient (Wildman–Crippen LogP) is 0.988. The van der Waals surface area contributed by atoms with Gasteiger partial charge < -0.3 is 25.6 Å². The third-order valence-corrected chi connectivity index (χ3v) is 9.08. The first-order chi connectivity index (χ1) is 20.6. The van der Waals surface area contributed by atoms with E-state index in [0.717, 1.165) is 23.1 Å². The van der Waals surface area contributed by atoms with Crippen molar-refractivity contribution in [3.05, 3.63) is 65.7 Å². The van der Waals surface area contributed by atoms with Crippen molar-refractivity contribution < 1.29 is 27.5 Å². The first-order valence-corrected chi connectivity index (χ1v) is 16.7. The zero-order chi connectivity index (χ0) is 31.0. The van der Waals surface area contributed by atoms with Gasteiger partial charge in [0.05, 0.1) is 19.4 Å². The minimum Gasteiger partial charge on any atom is -0.497 e. The average Bonchev–Trinajstić information content (AvgIpc) is 3.38. The molecule has 12 heteroatoms. The summed E-state index contributed by atoms with van der Waals surface area (Å²) in [7, 11) is -0.220. The van der Waals surface area contributed by atoms with Gasteiger partial charge in [0, 0.05) is 25.0 Å². The second-order valence-corrected chi connectivity index (χ2v) is 13.2. The summed E-state index contributed by atoms with van der Waals surface area (Å²) in [5.41, 5.74) is 2.01. The Morgan fingerprint density at radius 2 is 1.70 bits per heavy atom. The molecule has 0 unspecified atom stereocenters. The fourth-order valence-electron chi connectivity index (χ4n) is 6.02. The quantitative estimate of drug-likeness (QED) is 0.264. The summed E-state index contributed by atoms with van der Waals surface area (Å²) >= 11 is 0. The van der Waals surface area contributed by atoms with Crippen LogP contribution in [0.5, 0.6) is 5.75 Å². The van der Waals surface area contributed by atoms with Gasteiger partial charge in [0.2, 0.25) is 27.7 Å². The number of methoxy groups -OCH3 is 1. The number of nitrogens with one attached hydrogen (secondary N) is 4. The van der Waals surface area contributed by atoms with Crippen molar-refractivity contribution in [1.29, 1.82) is 0 Å². The maximum Gasteiger partial charge on any atom is 0.246 e. The van der Waals surface area contributed by atoms with Crippen LogP contribution in [0.15, 0.2) is 54.6 Å². The van der Waals surface area contributed by atoms with Crippen LogP contribution in [-0.4, -0.2) is 88.7 Å². The van der Waals surface area contributed by atoms with Crippen molar-refractivity contribution in [2.45, 2.75) is 62.7 Å². The van der Waals surface area contributed by atoms with Crippen LogP contribution in [0.25, 0.3) is 0 Å². The monoisotopic (exact) mass is 613 g/mol. The molecule has 3 amide bonds. The molecule has 43 heavy (non-hydrogen) atoms. The number of nitrogens with zero attached hydrogens (tertiary/aromatic N) is 1. The van der Waals surface area contributed by atoms with Crippen LogP contribution in [0.3, 0.4) is 0 Å². The summed E-state index contributed by atoms with van der Waals surface area (Å²) in [4.78, 5) is 42.7. The van der Waals surface area contributed by atoms with E-state index in [1.54, 1.807) is 19.1 Å². The van der Waals surface area contributed by atoms with Gasteiger partial charge in [-0.05, 0) is 68.8 Å². The summed E-state index contributed by atoms with van der Waals surface area (Å²) in [6.45, 7) is 0.427. The second kappa shape index (κ2) is 14.8. The van der Waals surface area contributed by atoms with Crippen molar-refractivity contribution in [3.63, 3.8) is 0 Å². The number of carbonyl (C=O) groups excluding carboxylic acids is 3. The number of fused-ring (bicyclic) bond motifs is 1. The van der Waals surface area contributed by atoms with Crippen LogP contribution in [0.2, 0.25) is 0 Å². The van der Waals surface area contributed by atoms with Crippen LogP contribution in [0, 0.1) is 5.92 Å². The molecule has 0 radical (unpaired) electrons. The van der Waals surface area contributed by atoms with Gasteiger partial charge in [-0.15, -0.1) is 0 Å². The molecule has 0 spiro atoms. The number of sulfonamides is 1. The number of ether oxygens (including phenoxy) is 1. The zero-order valence-electron chi connectivity index (χ0n) is 25.0. The van der Waals surface area contributed by atoms with Crippen molar-refractivity contribution in [1.82, 2.24) is 25.6 Å². The fraction of sp³-hybridized carbons (Fsp3) is 0.516. The molecule has 2 heterocycles. The number of hydrogen-bond donors (Lipinski definition) is 4. The van der Waals surface area contributed by atoms with Gasteiger partial charge in [-0.1, -0.05) is 42.5 Å². The molecule has 0 bridgehead atoms. The van der Waals surface area contributed by atoms with Gasteiger partial charge in [0.25, 0.3) is 0 Å². The minimum absolute atomic E-state index is 0.0116. The van der Waals surface area contributed by atoms with Crippen molar-refractivity contribution in [2.75, 3.05) is 33.5 Å². The third-order valence-electron chi connectivity index (χ3n) is 8.39. The number of benzene rings is 2. The van der Waals surface area contributed by atoms with E-state index < -0.39 is 34.1 Å². The molecule has 2 saturated heterocycles. The zero-order valence-corrected chi connectivity index (χ0v) is 25.9. The third kappa shape index (κ3) is 8.77. The number of hydrogen-bond acceptors (Lipinski definition) is 7. The highest BCUT2D eigenvalue weighted by Crippen LogP contribution is 2.34. The highest BCUT2D eigenvalue weighted by Gasteiger charge is 2.47. The standard InChI is InChI=1S/C31H43N5O6S/c1-32-26(19-22-7-5-4-6-8-22)29(37)35-28-23(20-34-43(3,40)41)11-12-24-13-16-27(36(24)31(28)39)30(38)33-18-17-21-9-14-25(42-2)15-10-21/h4-10,14-15,23-24,26-28,32,34H,11-13,16-20H2,1-3H3,(H,33,38)(H,35,37)/t23-,24+,26-,27+,28+/m1/s1. The maximum atomic E-state index is 14.2. The molecule has 4 N–H and O–H groups in total. The molecule has 0 aliphatic carbocycles. The summed E-state index contributed by atoms with van der Waals surface area (Å²) in [5, 5.41) is 8.97. The molecule has 11 nitrogen and oxygen atoms in total. The molecule has 0 saturated carbocycles. The lowest BCUT2D eigenvalue weighted by Crippen LogP contribution is -2.59. The molecule has 4 rings (SSSR count). The molecule has 0 aromatic heterocycles. The van der Waals surface area contributed by atoms with Gasteiger partial charge in [-0.3, -0.25) is 14.4 Å². The number of likely N-dealkylation sites (N-methyl/N-ethyl adjacent to an activating group) is 1. The Kier molecular flexibility index (Phi) is 11.2. The van der Waals surface area contributed by atoms with Crippen molar-refractivity contribution in [2.24, 2.45) is 5.92 Å². The molecular formula is C31H43N5O6S. The van der Waals surface area contributed by atoms with Crippen LogP contribution < -0.4 is 25.4 Å². The molecule has 234 valence electrons. The van der Waals surface area contributed by atoms with Crippen LogP contribution in [0.4, 0.5) is 0 Å². The van der Waals surface area contributed by atoms with Crippen molar-refractivity contribution >= 4 is 27.7 Å². The van der Waals surface area contributed by atoms with E-state index in [1.165, 1.54) is 0 Å². The van der Waals surface area contributed by atoms with E-state index in [0.29, 0.717) is 45.1 Å². The smallest absolute Gasteiger partial charge is 0.246 e.